The zero-order valence-electron chi connectivity index (χ0n) is 6.13. The third-order valence-corrected chi connectivity index (χ3v) is 1.77. The van der Waals surface area contributed by atoms with Gasteiger partial charge in [0.25, 0.3) is 0 Å². The number of nitrogens with one attached hydrogen (secondary N) is 2. The van der Waals surface area contributed by atoms with Crippen LogP contribution in [0.25, 0.3) is 0 Å². The fourth-order valence-corrected chi connectivity index (χ4v) is 1.24. The van der Waals surface area contributed by atoms with E-state index in [0.717, 1.165) is 32.1 Å². The monoisotopic (exact) mass is 154 g/mol. The van der Waals surface area contributed by atoms with E-state index in [4.69, 9.17) is 0 Å². The third-order valence-electron chi connectivity index (χ3n) is 1.77. The molecule has 60 valence electrons. The van der Waals surface area contributed by atoms with Gasteiger partial charge >= 0.3 is 6.03 Å². The number of carbonyl (C=O) groups excluding carboxylic acids is 1. The summed E-state index contributed by atoms with van der Waals surface area (Å²) in [5.74, 6) is 0.722. The topological polar surface area (TPSA) is 56.7 Å². The largest absolute Gasteiger partial charge is 0.354 e. The molecule has 2 amide bonds. The lowest BCUT2D eigenvalue weighted by Crippen LogP contribution is -2.40. The second-order valence-electron chi connectivity index (χ2n) is 2.52. The molecule has 2 aliphatic rings. The van der Waals surface area contributed by atoms with Crippen molar-refractivity contribution >= 4 is 12.0 Å². The molecule has 0 saturated carbocycles. The van der Waals surface area contributed by atoms with Crippen molar-refractivity contribution in [1.29, 1.82) is 0 Å². The van der Waals surface area contributed by atoms with Crippen molar-refractivity contribution in [2.24, 2.45) is 4.99 Å². The highest BCUT2D eigenvalue weighted by atomic mass is 16.2. The molecule has 2 rings (SSSR count). The summed E-state index contributed by atoms with van der Waals surface area (Å²) in [6, 6.07) is -0.0434. The summed E-state index contributed by atoms with van der Waals surface area (Å²) in [6.07, 6.45) is 0. The summed E-state index contributed by atoms with van der Waals surface area (Å²) >= 11 is 0. The Morgan fingerprint density at radius 1 is 1.36 bits per heavy atom. The molecule has 1 fully saturated rings. The highest BCUT2D eigenvalue weighted by Gasteiger charge is 2.25. The van der Waals surface area contributed by atoms with E-state index in [1.165, 1.54) is 0 Å². The molecular formula is C6H10N4O. The van der Waals surface area contributed by atoms with Crippen molar-refractivity contribution in [3.63, 3.8) is 0 Å². The number of urea groups is 1. The summed E-state index contributed by atoms with van der Waals surface area (Å²) in [6.45, 7) is 3.07. The van der Waals surface area contributed by atoms with E-state index in [2.05, 4.69) is 15.6 Å². The zero-order valence-corrected chi connectivity index (χ0v) is 6.13. The number of carbonyl (C=O) groups is 1. The minimum Gasteiger partial charge on any atom is -0.354 e. The normalized spacial score (nSPS) is 23.1. The van der Waals surface area contributed by atoms with Crippen molar-refractivity contribution in [3.8, 4) is 0 Å². The quantitative estimate of drug-likeness (QED) is 0.469. The van der Waals surface area contributed by atoms with Gasteiger partial charge in [0.05, 0.1) is 6.54 Å². The Morgan fingerprint density at radius 3 is 2.82 bits per heavy atom. The fraction of sp³-hybridized carbons (Fsp3) is 0.667. The molecule has 0 bridgehead atoms. The van der Waals surface area contributed by atoms with Crippen molar-refractivity contribution in [1.82, 2.24) is 15.5 Å². The first kappa shape index (κ1) is 6.45. The Balaban J connectivity index is 2.08. The van der Waals surface area contributed by atoms with Crippen LogP contribution in [-0.4, -0.2) is 43.1 Å². The molecule has 2 aliphatic heterocycles. The van der Waals surface area contributed by atoms with E-state index in [-0.39, 0.29) is 6.03 Å². The molecule has 5 nitrogen and oxygen atoms in total. The van der Waals surface area contributed by atoms with Crippen LogP contribution in [-0.2, 0) is 0 Å². The standard InChI is InChI=1S/C6H10N4O/c11-6-9-3-4-10(6)5-7-1-2-8-5/h1-4H2,(H,7,8)(H,9,11). The minimum absolute atomic E-state index is 0.0434. The van der Waals surface area contributed by atoms with E-state index < -0.39 is 0 Å². The summed E-state index contributed by atoms with van der Waals surface area (Å²) in [4.78, 5) is 16.8. The zero-order chi connectivity index (χ0) is 7.68. The third kappa shape index (κ3) is 1.02. The predicted molar refractivity (Wildman–Crippen MR) is 40.4 cm³/mol. The maximum Gasteiger partial charge on any atom is 0.324 e. The molecule has 0 aromatic heterocycles. The molecule has 0 aliphatic carbocycles. The Hall–Kier alpha value is -1.26. The molecule has 5 heteroatoms. The predicted octanol–water partition coefficient (Wildman–Crippen LogP) is -1.03. The Bertz CT molecular complexity index is 213. The molecule has 0 aromatic carbocycles. The van der Waals surface area contributed by atoms with Gasteiger partial charge in [0, 0.05) is 19.6 Å². The van der Waals surface area contributed by atoms with Gasteiger partial charge in [-0.05, 0) is 0 Å². The second kappa shape index (κ2) is 2.41. The van der Waals surface area contributed by atoms with Gasteiger partial charge in [-0.1, -0.05) is 0 Å². The SMILES string of the molecule is O=C1NCCN1C1=NCCN1. The molecule has 2 heterocycles. The first-order valence-corrected chi connectivity index (χ1v) is 3.71. The van der Waals surface area contributed by atoms with Crippen molar-refractivity contribution in [2.75, 3.05) is 26.2 Å². The number of hydrogen-bond donors (Lipinski definition) is 2. The van der Waals surface area contributed by atoms with Crippen molar-refractivity contribution < 1.29 is 4.79 Å². The van der Waals surface area contributed by atoms with Crippen LogP contribution in [0, 0.1) is 0 Å². The summed E-state index contributed by atoms with van der Waals surface area (Å²) in [7, 11) is 0. The number of nitrogens with zero attached hydrogens (tertiary/aromatic N) is 2. The molecule has 1 saturated heterocycles. The fourth-order valence-electron chi connectivity index (χ4n) is 1.24. The van der Waals surface area contributed by atoms with Gasteiger partial charge in [0.2, 0.25) is 5.96 Å². The maximum atomic E-state index is 11.1. The molecule has 0 radical (unpaired) electrons. The summed E-state index contributed by atoms with van der Waals surface area (Å²) in [5, 5.41) is 5.76. The first-order chi connectivity index (χ1) is 5.38. The van der Waals surface area contributed by atoms with Crippen LogP contribution in [0.15, 0.2) is 4.99 Å². The van der Waals surface area contributed by atoms with Crippen LogP contribution in [0.4, 0.5) is 4.79 Å². The average molecular weight is 154 g/mol. The molecule has 0 unspecified atom stereocenters. The van der Waals surface area contributed by atoms with E-state index in [1.54, 1.807) is 4.90 Å². The van der Waals surface area contributed by atoms with Crippen molar-refractivity contribution in [2.45, 2.75) is 0 Å². The number of aliphatic imine (C=N–C) groups is 1. The highest BCUT2D eigenvalue weighted by molar-refractivity contribution is 5.98. The van der Waals surface area contributed by atoms with Crippen LogP contribution >= 0.6 is 0 Å². The lowest BCUT2D eigenvalue weighted by molar-refractivity contribution is 0.233. The van der Waals surface area contributed by atoms with E-state index in [0.29, 0.717) is 0 Å². The summed E-state index contributed by atoms with van der Waals surface area (Å²) < 4.78 is 0. The Labute approximate surface area is 64.5 Å². The Kier molecular flexibility index (Phi) is 1.41. The van der Waals surface area contributed by atoms with Gasteiger partial charge in [0.15, 0.2) is 0 Å². The molecular weight excluding hydrogens is 144 g/mol. The molecule has 0 spiro atoms. The Morgan fingerprint density at radius 2 is 2.27 bits per heavy atom. The van der Waals surface area contributed by atoms with E-state index in [1.807, 2.05) is 0 Å². The van der Waals surface area contributed by atoms with Crippen LogP contribution in [0.3, 0.4) is 0 Å². The molecule has 2 N–H and O–H groups in total. The smallest absolute Gasteiger partial charge is 0.324 e. The van der Waals surface area contributed by atoms with Gasteiger partial charge < -0.3 is 10.6 Å². The molecule has 0 atom stereocenters. The lowest BCUT2D eigenvalue weighted by Gasteiger charge is -2.12. The number of amides is 2. The highest BCUT2D eigenvalue weighted by Crippen LogP contribution is 1.99. The van der Waals surface area contributed by atoms with Crippen LogP contribution < -0.4 is 10.6 Å². The van der Waals surface area contributed by atoms with Crippen LogP contribution in [0.1, 0.15) is 0 Å². The van der Waals surface area contributed by atoms with E-state index >= 15 is 0 Å². The van der Waals surface area contributed by atoms with Gasteiger partial charge in [-0.3, -0.25) is 9.89 Å². The first-order valence-electron chi connectivity index (χ1n) is 3.71. The number of rotatable bonds is 0. The van der Waals surface area contributed by atoms with Gasteiger partial charge in [0.1, 0.15) is 0 Å². The minimum atomic E-state index is -0.0434. The van der Waals surface area contributed by atoms with Crippen molar-refractivity contribution in [3.05, 3.63) is 0 Å². The molecule has 0 aromatic rings. The maximum absolute atomic E-state index is 11.1. The lowest BCUT2D eigenvalue weighted by atomic mass is 10.6. The summed E-state index contributed by atoms with van der Waals surface area (Å²) in [5.41, 5.74) is 0. The van der Waals surface area contributed by atoms with Gasteiger partial charge in [-0.2, -0.15) is 0 Å². The molecule has 11 heavy (non-hydrogen) atoms. The number of guanidine groups is 1. The van der Waals surface area contributed by atoms with Crippen LogP contribution in [0.5, 0.6) is 0 Å². The van der Waals surface area contributed by atoms with Gasteiger partial charge in [-0.25, -0.2) is 4.79 Å². The van der Waals surface area contributed by atoms with Crippen LogP contribution in [0.2, 0.25) is 0 Å². The van der Waals surface area contributed by atoms with E-state index in [9.17, 15) is 4.79 Å². The average Bonchev–Trinajstić information content (AvgIpc) is 2.55. The number of hydrogen-bond acceptors (Lipinski definition) is 3. The van der Waals surface area contributed by atoms with Gasteiger partial charge in [-0.15, -0.1) is 0 Å². The second-order valence-corrected chi connectivity index (χ2v) is 2.52.